The van der Waals surface area contributed by atoms with Crippen LogP contribution in [-0.2, 0) is 11.3 Å². The Kier molecular flexibility index (Phi) is 4.52. The van der Waals surface area contributed by atoms with Crippen molar-refractivity contribution in [3.8, 4) is 0 Å². The lowest BCUT2D eigenvalue weighted by Gasteiger charge is -2.57. The third kappa shape index (κ3) is 3.55. The Morgan fingerprint density at radius 2 is 1.77 bits per heavy atom. The molecule has 0 atom stereocenters. The first-order valence-corrected chi connectivity index (χ1v) is 10.7. The lowest BCUT2D eigenvalue weighted by atomic mass is 9.53. The zero-order valence-electron chi connectivity index (χ0n) is 17.1. The van der Waals surface area contributed by atoms with Crippen molar-refractivity contribution in [2.75, 3.05) is 10.6 Å². The number of carbonyl (C=O) groups excluding carboxylic acids is 1. The van der Waals surface area contributed by atoms with Crippen molar-refractivity contribution in [1.82, 2.24) is 9.55 Å². The van der Waals surface area contributed by atoms with Crippen LogP contribution in [0, 0.1) is 34.8 Å². The summed E-state index contributed by atoms with van der Waals surface area (Å²) in [4.78, 5) is 26.9. The number of rotatable bonds is 6. The molecule has 4 fully saturated rings. The molecule has 1 aromatic carbocycles. The Balaban J connectivity index is 1.31. The van der Waals surface area contributed by atoms with Gasteiger partial charge in [0.05, 0.1) is 11.4 Å². The highest BCUT2D eigenvalue weighted by atomic mass is 16.6. The number of aromatic nitrogens is 2. The molecular weight excluding hydrogens is 382 g/mol. The highest BCUT2D eigenvalue weighted by Crippen LogP contribution is 2.56. The van der Waals surface area contributed by atoms with Crippen LogP contribution in [-0.4, -0.2) is 25.9 Å². The van der Waals surface area contributed by atoms with Crippen LogP contribution in [0.25, 0.3) is 0 Å². The van der Waals surface area contributed by atoms with Crippen molar-refractivity contribution < 1.29 is 9.72 Å². The van der Waals surface area contributed by atoms with Crippen LogP contribution in [0.2, 0.25) is 0 Å². The molecule has 0 radical (unpaired) electrons. The molecule has 4 bridgehead atoms. The van der Waals surface area contributed by atoms with Crippen LogP contribution in [0.3, 0.4) is 0 Å². The lowest BCUT2D eigenvalue weighted by molar-refractivity contribution is -0.389. The zero-order valence-corrected chi connectivity index (χ0v) is 17.1. The molecule has 0 saturated heterocycles. The molecule has 8 nitrogen and oxygen atoms in total. The van der Waals surface area contributed by atoms with Crippen LogP contribution >= 0.6 is 0 Å². The molecule has 2 N–H and O–H groups in total. The third-order valence-corrected chi connectivity index (χ3v) is 7.10. The smallest absolute Gasteiger partial charge is 0.378 e. The molecule has 30 heavy (non-hydrogen) atoms. The fourth-order valence-electron chi connectivity index (χ4n) is 6.33. The van der Waals surface area contributed by atoms with Crippen molar-refractivity contribution in [3.63, 3.8) is 0 Å². The third-order valence-electron chi connectivity index (χ3n) is 7.10. The minimum atomic E-state index is -0.550. The number of nitrogens with one attached hydrogen (secondary N) is 2. The summed E-state index contributed by atoms with van der Waals surface area (Å²) in [7, 11) is 0. The summed E-state index contributed by atoms with van der Waals surface area (Å²) < 4.78 is 1.50. The molecule has 4 saturated carbocycles. The van der Waals surface area contributed by atoms with Crippen molar-refractivity contribution in [1.29, 1.82) is 0 Å². The summed E-state index contributed by atoms with van der Waals surface area (Å²) in [5.74, 6) is 2.48. The number of aryl methyl sites for hydroxylation is 1. The van der Waals surface area contributed by atoms with Crippen LogP contribution in [0.15, 0.2) is 30.5 Å². The molecule has 6 rings (SSSR count). The molecule has 1 amide bonds. The van der Waals surface area contributed by atoms with Gasteiger partial charge in [0.15, 0.2) is 0 Å². The van der Waals surface area contributed by atoms with Gasteiger partial charge in [-0.2, -0.15) is 0 Å². The number of nitro groups is 1. The summed E-state index contributed by atoms with van der Waals surface area (Å²) in [6, 6.07) is 7.83. The van der Waals surface area contributed by atoms with Crippen molar-refractivity contribution in [2.45, 2.75) is 57.5 Å². The van der Waals surface area contributed by atoms with Crippen LogP contribution in [0.5, 0.6) is 0 Å². The number of hydrogen-bond acceptors (Lipinski definition) is 5. The van der Waals surface area contributed by atoms with Gasteiger partial charge in [-0.15, -0.1) is 0 Å². The van der Waals surface area contributed by atoms with E-state index >= 15 is 0 Å². The van der Waals surface area contributed by atoms with Crippen LogP contribution in [0.1, 0.15) is 44.3 Å². The van der Waals surface area contributed by atoms with E-state index in [0.717, 1.165) is 29.1 Å². The highest BCUT2D eigenvalue weighted by Gasteiger charge is 2.51. The van der Waals surface area contributed by atoms with Crippen LogP contribution in [0.4, 0.5) is 17.2 Å². The summed E-state index contributed by atoms with van der Waals surface area (Å²) in [5, 5.41) is 17.7. The van der Waals surface area contributed by atoms with Gasteiger partial charge in [-0.25, -0.2) is 0 Å². The molecule has 1 heterocycles. The molecular formula is C22H27N5O3. The van der Waals surface area contributed by atoms with E-state index in [9.17, 15) is 14.9 Å². The maximum atomic E-state index is 12.7. The molecule has 0 unspecified atom stereocenters. The van der Waals surface area contributed by atoms with Crippen molar-refractivity contribution >= 4 is 23.1 Å². The first kappa shape index (κ1) is 19.1. The predicted octanol–water partition coefficient (Wildman–Crippen LogP) is 4.12. The highest BCUT2D eigenvalue weighted by molar-refractivity contribution is 5.94. The molecule has 158 valence electrons. The van der Waals surface area contributed by atoms with E-state index in [0.29, 0.717) is 5.82 Å². The average Bonchev–Trinajstić information content (AvgIpc) is 3.03. The van der Waals surface area contributed by atoms with Crippen molar-refractivity contribution in [2.24, 2.45) is 17.8 Å². The van der Waals surface area contributed by atoms with Gasteiger partial charge in [0.25, 0.3) is 0 Å². The second-order valence-corrected chi connectivity index (χ2v) is 9.45. The predicted molar refractivity (Wildman–Crippen MR) is 113 cm³/mol. The maximum Gasteiger partial charge on any atom is 0.381 e. The molecule has 0 aliphatic heterocycles. The van der Waals surface area contributed by atoms with Gasteiger partial charge in [0, 0.05) is 12.5 Å². The molecule has 0 spiro atoms. The Morgan fingerprint density at radius 1 is 1.17 bits per heavy atom. The molecule has 4 aliphatic rings. The largest absolute Gasteiger partial charge is 0.381 e. The van der Waals surface area contributed by atoms with Gasteiger partial charge in [-0.05, 0) is 78.3 Å². The first-order valence-electron chi connectivity index (χ1n) is 10.7. The molecule has 8 heteroatoms. The number of benzene rings is 1. The van der Waals surface area contributed by atoms with Crippen molar-refractivity contribution in [3.05, 3.63) is 46.4 Å². The van der Waals surface area contributed by atoms with Gasteiger partial charge >= 0.3 is 5.82 Å². The average molecular weight is 409 g/mol. The number of amides is 1. The minimum Gasteiger partial charge on any atom is -0.378 e. The van der Waals surface area contributed by atoms with Gasteiger partial charge in [0.1, 0.15) is 12.7 Å². The van der Waals surface area contributed by atoms with E-state index in [2.05, 4.69) is 15.6 Å². The second-order valence-electron chi connectivity index (χ2n) is 9.45. The molecule has 1 aromatic heterocycles. The SMILES string of the molecule is Cc1nc([N+](=O)[O-])cn1CC(=O)Nc1ccccc1NC12CC3CC(CC(C3)C1)C2. The fourth-order valence-corrected chi connectivity index (χ4v) is 6.33. The number of imidazole rings is 1. The molecule has 2 aromatic rings. The topological polar surface area (TPSA) is 102 Å². The summed E-state index contributed by atoms with van der Waals surface area (Å²) in [5.41, 5.74) is 1.86. The summed E-state index contributed by atoms with van der Waals surface area (Å²) in [6.45, 7) is 1.64. The number of hydrogen-bond donors (Lipinski definition) is 2. The zero-order chi connectivity index (χ0) is 20.9. The van der Waals surface area contributed by atoms with Gasteiger partial charge in [0.2, 0.25) is 11.7 Å². The Morgan fingerprint density at radius 3 is 2.33 bits per heavy atom. The van der Waals surface area contributed by atoms with E-state index in [1.54, 1.807) is 6.92 Å². The van der Waals surface area contributed by atoms with Gasteiger partial charge in [-0.3, -0.25) is 9.36 Å². The van der Waals surface area contributed by atoms with Gasteiger partial charge < -0.3 is 20.7 Å². The lowest BCUT2D eigenvalue weighted by Crippen LogP contribution is -2.54. The van der Waals surface area contributed by atoms with Gasteiger partial charge in [-0.1, -0.05) is 12.1 Å². The fraction of sp³-hybridized carbons (Fsp3) is 0.545. The number of carbonyl (C=O) groups is 1. The van der Waals surface area contributed by atoms with E-state index in [4.69, 9.17) is 0 Å². The number of para-hydroxylation sites is 2. The monoisotopic (exact) mass is 409 g/mol. The maximum absolute atomic E-state index is 12.7. The Bertz CT molecular complexity index is 963. The number of anilines is 2. The number of nitrogens with zero attached hydrogens (tertiary/aromatic N) is 3. The quantitative estimate of drug-likeness (QED) is 0.552. The Hall–Kier alpha value is -2.90. The van der Waals surface area contributed by atoms with E-state index in [1.807, 2.05) is 24.3 Å². The normalized spacial score (nSPS) is 29.0. The Labute approximate surface area is 175 Å². The first-order chi connectivity index (χ1) is 14.4. The minimum absolute atomic E-state index is 0.0155. The van der Waals surface area contributed by atoms with Crippen LogP contribution < -0.4 is 10.6 Å². The summed E-state index contributed by atoms with van der Waals surface area (Å²) >= 11 is 0. The standard InChI is InChI=1S/C22H27N5O3/c1-14-23-20(27(29)30)12-26(14)13-21(28)24-18-4-2-3-5-19(18)25-22-9-15-6-16(10-22)8-17(7-15)11-22/h2-5,12,15-17,25H,6-11,13H2,1H3,(H,24,28). The van der Waals surface area contributed by atoms with E-state index in [1.165, 1.54) is 49.3 Å². The van der Waals surface area contributed by atoms with E-state index < -0.39 is 4.92 Å². The second kappa shape index (κ2) is 7.11. The summed E-state index contributed by atoms with van der Waals surface area (Å²) in [6.07, 6.45) is 9.12. The molecule has 4 aliphatic carbocycles. The van der Waals surface area contributed by atoms with E-state index in [-0.39, 0.29) is 23.8 Å².